The highest BCUT2D eigenvalue weighted by Crippen LogP contribution is 2.28. The van der Waals surface area contributed by atoms with Gasteiger partial charge in [-0.05, 0) is 26.0 Å². The molecule has 1 amide bonds. The zero-order valence-corrected chi connectivity index (χ0v) is 11.7. The van der Waals surface area contributed by atoms with E-state index in [2.05, 4.69) is 10.5 Å². The van der Waals surface area contributed by atoms with Gasteiger partial charge in [0.05, 0.1) is 12.1 Å². The number of nitrogens with one attached hydrogen (secondary N) is 1. The molecule has 1 unspecified atom stereocenters. The van der Waals surface area contributed by atoms with E-state index < -0.39 is 11.5 Å². The average Bonchev–Trinajstić information content (AvgIpc) is 2.92. The van der Waals surface area contributed by atoms with Crippen molar-refractivity contribution in [2.75, 3.05) is 11.5 Å². The minimum Gasteiger partial charge on any atom is -0.479 e. The number of aromatic nitrogens is 1. The number of hydrogen-bond acceptors (Lipinski definition) is 5. The molecule has 7 heteroatoms. The molecule has 0 bridgehead atoms. The summed E-state index contributed by atoms with van der Waals surface area (Å²) in [7, 11) is 0. The van der Waals surface area contributed by atoms with Crippen LogP contribution in [0.3, 0.4) is 0 Å². The van der Waals surface area contributed by atoms with E-state index in [0.29, 0.717) is 23.6 Å². The number of carbonyl (C=O) groups is 2. The van der Waals surface area contributed by atoms with Gasteiger partial charge in [0.25, 0.3) is 0 Å². The molecule has 0 aliphatic carbocycles. The average molecular weight is 284 g/mol. The highest BCUT2D eigenvalue weighted by Gasteiger charge is 2.43. The Kier molecular flexibility index (Phi) is 3.84. The van der Waals surface area contributed by atoms with Crippen molar-refractivity contribution < 1.29 is 19.2 Å². The first-order valence-electron chi connectivity index (χ1n) is 5.98. The quantitative estimate of drug-likeness (QED) is 0.853. The highest BCUT2D eigenvalue weighted by molar-refractivity contribution is 7.99. The standard InChI is InChI=1S/C12H16N2O4S/c1-7-9(8(2)18-14-7)5-10(15)13-12(11(16)17)3-4-19-6-12/h3-6H2,1-2H3,(H,13,15)(H,16,17). The van der Waals surface area contributed by atoms with E-state index in [4.69, 9.17) is 4.52 Å². The molecule has 19 heavy (non-hydrogen) atoms. The molecule has 2 rings (SSSR count). The third-order valence-electron chi connectivity index (χ3n) is 3.33. The Balaban J connectivity index is 2.07. The lowest BCUT2D eigenvalue weighted by Gasteiger charge is -2.24. The Bertz CT molecular complexity index is 486. The Morgan fingerprint density at radius 1 is 1.53 bits per heavy atom. The van der Waals surface area contributed by atoms with Gasteiger partial charge >= 0.3 is 5.97 Å². The number of aliphatic carboxylic acids is 1. The molecule has 0 aromatic carbocycles. The topological polar surface area (TPSA) is 92.4 Å². The Hall–Kier alpha value is -1.50. The number of aryl methyl sites for hydroxylation is 2. The summed E-state index contributed by atoms with van der Waals surface area (Å²) in [6, 6.07) is 0. The van der Waals surface area contributed by atoms with E-state index in [1.54, 1.807) is 13.8 Å². The smallest absolute Gasteiger partial charge is 0.330 e. The number of rotatable bonds is 4. The largest absolute Gasteiger partial charge is 0.479 e. The maximum atomic E-state index is 12.0. The summed E-state index contributed by atoms with van der Waals surface area (Å²) < 4.78 is 4.99. The predicted octanol–water partition coefficient (Wildman–Crippen LogP) is 0.910. The maximum absolute atomic E-state index is 12.0. The maximum Gasteiger partial charge on any atom is 0.330 e. The Labute approximate surface area is 114 Å². The number of nitrogens with zero attached hydrogens (tertiary/aromatic N) is 1. The minimum absolute atomic E-state index is 0.0981. The molecular formula is C12H16N2O4S. The number of amides is 1. The molecule has 1 aromatic rings. The molecule has 1 fully saturated rings. The second-order valence-electron chi connectivity index (χ2n) is 4.72. The fourth-order valence-electron chi connectivity index (χ4n) is 2.11. The van der Waals surface area contributed by atoms with E-state index in [9.17, 15) is 14.7 Å². The van der Waals surface area contributed by atoms with Crippen LogP contribution in [-0.4, -0.2) is 39.2 Å². The molecule has 0 radical (unpaired) electrons. The first kappa shape index (κ1) is 13.9. The molecular weight excluding hydrogens is 268 g/mol. The Morgan fingerprint density at radius 2 is 2.26 bits per heavy atom. The van der Waals surface area contributed by atoms with Crippen LogP contribution in [0.15, 0.2) is 4.52 Å². The van der Waals surface area contributed by atoms with Gasteiger partial charge in [0, 0.05) is 11.3 Å². The second-order valence-corrected chi connectivity index (χ2v) is 5.82. The van der Waals surface area contributed by atoms with Crippen LogP contribution >= 0.6 is 11.8 Å². The number of thioether (sulfide) groups is 1. The molecule has 1 aliphatic rings. The molecule has 1 atom stereocenters. The molecule has 1 aliphatic heterocycles. The van der Waals surface area contributed by atoms with E-state index >= 15 is 0 Å². The van der Waals surface area contributed by atoms with Crippen molar-refractivity contribution in [3.63, 3.8) is 0 Å². The van der Waals surface area contributed by atoms with Crippen molar-refractivity contribution in [1.29, 1.82) is 0 Å². The van der Waals surface area contributed by atoms with Crippen LogP contribution in [-0.2, 0) is 16.0 Å². The monoisotopic (exact) mass is 284 g/mol. The molecule has 0 spiro atoms. The number of carbonyl (C=O) groups excluding carboxylic acids is 1. The summed E-state index contributed by atoms with van der Waals surface area (Å²) in [5.41, 5.74) is 0.266. The van der Waals surface area contributed by atoms with Gasteiger partial charge in [0.2, 0.25) is 5.91 Å². The van der Waals surface area contributed by atoms with Gasteiger partial charge < -0.3 is 14.9 Å². The first-order valence-corrected chi connectivity index (χ1v) is 7.14. The van der Waals surface area contributed by atoms with Gasteiger partial charge in [-0.25, -0.2) is 4.79 Å². The van der Waals surface area contributed by atoms with Gasteiger partial charge in [-0.15, -0.1) is 0 Å². The zero-order chi connectivity index (χ0) is 14.0. The van der Waals surface area contributed by atoms with Gasteiger partial charge in [0.1, 0.15) is 11.3 Å². The third kappa shape index (κ3) is 2.75. The zero-order valence-electron chi connectivity index (χ0n) is 10.9. The molecule has 0 saturated carbocycles. The second kappa shape index (κ2) is 5.24. The molecule has 1 saturated heterocycles. The number of carboxylic acids is 1. The third-order valence-corrected chi connectivity index (χ3v) is 4.52. The van der Waals surface area contributed by atoms with E-state index in [-0.39, 0.29) is 12.3 Å². The SMILES string of the molecule is Cc1noc(C)c1CC(=O)NC1(C(=O)O)CCSC1. The van der Waals surface area contributed by atoms with Crippen molar-refractivity contribution in [2.24, 2.45) is 0 Å². The van der Waals surface area contributed by atoms with Crippen molar-refractivity contribution in [3.05, 3.63) is 17.0 Å². The van der Waals surface area contributed by atoms with Crippen LogP contribution < -0.4 is 5.32 Å². The van der Waals surface area contributed by atoms with E-state index in [1.165, 1.54) is 11.8 Å². The summed E-state index contributed by atoms with van der Waals surface area (Å²) in [5.74, 6) is 0.481. The van der Waals surface area contributed by atoms with Crippen LogP contribution in [0.2, 0.25) is 0 Å². The van der Waals surface area contributed by atoms with Crippen LogP contribution in [0.4, 0.5) is 0 Å². The first-order chi connectivity index (χ1) is 8.94. The van der Waals surface area contributed by atoms with Crippen LogP contribution in [0.25, 0.3) is 0 Å². The summed E-state index contributed by atoms with van der Waals surface area (Å²) >= 11 is 1.54. The molecule has 104 valence electrons. The Morgan fingerprint density at radius 3 is 2.74 bits per heavy atom. The summed E-state index contributed by atoms with van der Waals surface area (Å²) in [6.45, 7) is 3.50. The van der Waals surface area contributed by atoms with Gasteiger partial charge in [-0.2, -0.15) is 11.8 Å². The molecule has 2 heterocycles. The lowest BCUT2D eigenvalue weighted by Crippen LogP contribution is -2.55. The van der Waals surface area contributed by atoms with Crippen molar-refractivity contribution in [3.8, 4) is 0 Å². The molecule has 6 nitrogen and oxygen atoms in total. The van der Waals surface area contributed by atoms with Gasteiger partial charge in [-0.1, -0.05) is 5.16 Å². The molecule has 1 aromatic heterocycles. The lowest BCUT2D eigenvalue weighted by atomic mass is 9.98. The van der Waals surface area contributed by atoms with Crippen molar-refractivity contribution >= 4 is 23.6 Å². The van der Waals surface area contributed by atoms with Gasteiger partial charge in [-0.3, -0.25) is 4.79 Å². The normalized spacial score (nSPS) is 22.4. The van der Waals surface area contributed by atoms with Crippen LogP contribution in [0, 0.1) is 13.8 Å². The lowest BCUT2D eigenvalue weighted by molar-refractivity contribution is -0.146. The van der Waals surface area contributed by atoms with Gasteiger partial charge in [0.15, 0.2) is 0 Å². The summed E-state index contributed by atoms with van der Waals surface area (Å²) in [5, 5.41) is 15.7. The highest BCUT2D eigenvalue weighted by atomic mass is 32.2. The minimum atomic E-state index is -1.12. The summed E-state index contributed by atoms with van der Waals surface area (Å²) in [6.07, 6.45) is 0.557. The fraction of sp³-hybridized carbons (Fsp3) is 0.583. The fourth-order valence-corrected chi connectivity index (χ4v) is 3.44. The van der Waals surface area contributed by atoms with E-state index in [1.807, 2.05) is 0 Å². The predicted molar refractivity (Wildman–Crippen MR) is 70.1 cm³/mol. The number of carboxylic acid groups (broad SMARTS) is 1. The van der Waals surface area contributed by atoms with Crippen LogP contribution in [0.1, 0.15) is 23.4 Å². The van der Waals surface area contributed by atoms with Crippen LogP contribution in [0.5, 0.6) is 0 Å². The molecule has 2 N–H and O–H groups in total. The van der Waals surface area contributed by atoms with Crippen molar-refractivity contribution in [1.82, 2.24) is 10.5 Å². The van der Waals surface area contributed by atoms with E-state index in [0.717, 1.165) is 11.3 Å². The number of hydrogen-bond donors (Lipinski definition) is 2. The summed E-state index contributed by atoms with van der Waals surface area (Å²) in [4.78, 5) is 23.4. The van der Waals surface area contributed by atoms with Crippen molar-refractivity contribution in [2.45, 2.75) is 32.2 Å².